The molecule has 1 saturated carbocycles. The molecular weight excluding hydrogens is 194 g/mol. The molecule has 86 valence electrons. The predicted molar refractivity (Wildman–Crippen MR) is 55.5 cm³/mol. The van der Waals surface area contributed by atoms with Crippen LogP contribution in [-0.2, 0) is 4.79 Å². The van der Waals surface area contributed by atoms with Crippen LogP contribution in [0.4, 0.5) is 0 Å². The first-order chi connectivity index (χ1) is 7.09. The molecule has 15 heavy (non-hydrogen) atoms. The summed E-state index contributed by atoms with van der Waals surface area (Å²) in [7, 11) is 0. The number of hydrogen-bond acceptors (Lipinski definition) is 3. The first-order valence-corrected chi connectivity index (χ1v) is 5.74. The van der Waals surface area contributed by atoms with Crippen molar-refractivity contribution in [2.24, 2.45) is 11.8 Å². The van der Waals surface area contributed by atoms with Crippen molar-refractivity contribution >= 4 is 5.97 Å². The molecule has 4 unspecified atom stereocenters. The molecule has 0 radical (unpaired) electrons. The molecule has 1 aliphatic heterocycles. The molecule has 0 aromatic rings. The van der Waals surface area contributed by atoms with Gasteiger partial charge in [-0.3, -0.25) is 9.69 Å². The van der Waals surface area contributed by atoms with Gasteiger partial charge in [-0.25, -0.2) is 0 Å². The quantitative estimate of drug-likeness (QED) is 0.719. The van der Waals surface area contributed by atoms with Gasteiger partial charge in [0, 0.05) is 13.1 Å². The third-order valence-corrected chi connectivity index (χ3v) is 3.74. The standard InChI is InChI=1S/C11H19NO3/c1-7(13)5-12-6-8-3-2-4-9(8)10(12)11(14)15/h7-10,13H,2-6H2,1H3,(H,14,15). The van der Waals surface area contributed by atoms with Gasteiger partial charge in [0.05, 0.1) is 6.10 Å². The highest BCUT2D eigenvalue weighted by Crippen LogP contribution is 2.42. The normalized spacial score (nSPS) is 37.9. The summed E-state index contributed by atoms with van der Waals surface area (Å²) >= 11 is 0. The first-order valence-electron chi connectivity index (χ1n) is 5.74. The minimum Gasteiger partial charge on any atom is -0.480 e. The second kappa shape index (κ2) is 4.10. The van der Waals surface area contributed by atoms with E-state index in [4.69, 9.17) is 0 Å². The van der Waals surface area contributed by atoms with Crippen molar-refractivity contribution in [1.29, 1.82) is 0 Å². The highest BCUT2D eigenvalue weighted by Gasteiger charge is 2.47. The van der Waals surface area contributed by atoms with Crippen LogP contribution in [0.25, 0.3) is 0 Å². The summed E-state index contributed by atoms with van der Waals surface area (Å²) in [6.07, 6.45) is 2.93. The third kappa shape index (κ3) is 2.01. The van der Waals surface area contributed by atoms with Gasteiger partial charge in [0.2, 0.25) is 0 Å². The van der Waals surface area contributed by atoms with Crippen molar-refractivity contribution in [2.45, 2.75) is 38.3 Å². The third-order valence-electron chi connectivity index (χ3n) is 3.74. The molecule has 1 heterocycles. The zero-order chi connectivity index (χ0) is 11.0. The van der Waals surface area contributed by atoms with Gasteiger partial charge < -0.3 is 10.2 Å². The summed E-state index contributed by atoms with van der Waals surface area (Å²) in [5, 5.41) is 18.6. The van der Waals surface area contributed by atoms with Crippen molar-refractivity contribution in [3.05, 3.63) is 0 Å². The smallest absolute Gasteiger partial charge is 0.321 e. The lowest BCUT2D eigenvalue weighted by Gasteiger charge is -2.25. The number of carboxylic acid groups (broad SMARTS) is 1. The number of β-amino-alcohol motifs (C(OH)–C–C–N with tert-alkyl or cyclic N) is 1. The summed E-state index contributed by atoms with van der Waals surface area (Å²) in [6.45, 7) is 3.06. The van der Waals surface area contributed by atoms with Gasteiger partial charge >= 0.3 is 5.97 Å². The zero-order valence-electron chi connectivity index (χ0n) is 9.09. The monoisotopic (exact) mass is 213 g/mol. The van der Waals surface area contributed by atoms with Crippen LogP contribution in [0.2, 0.25) is 0 Å². The number of carboxylic acids is 1. The van der Waals surface area contributed by atoms with Crippen LogP contribution in [0.3, 0.4) is 0 Å². The maximum atomic E-state index is 11.2. The van der Waals surface area contributed by atoms with E-state index in [9.17, 15) is 15.0 Å². The van der Waals surface area contributed by atoms with Gasteiger partial charge in [-0.2, -0.15) is 0 Å². The van der Waals surface area contributed by atoms with Gasteiger partial charge in [-0.15, -0.1) is 0 Å². The number of hydrogen-bond donors (Lipinski definition) is 2. The van der Waals surface area contributed by atoms with Gasteiger partial charge in [-0.1, -0.05) is 6.42 Å². The number of carbonyl (C=O) groups is 1. The second-order valence-electron chi connectivity index (χ2n) is 4.94. The largest absolute Gasteiger partial charge is 0.480 e. The Balaban J connectivity index is 2.08. The molecule has 0 amide bonds. The van der Waals surface area contributed by atoms with Crippen molar-refractivity contribution in [3.63, 3.8) is 0 Å². The fourth-order valence-electron chi connectivity index (χ4n) is 3.26. The van der Waals surface area contributed by atoms with Crippen LogP contribution >= 0.6 is 0 Å². The van der Waals surface area contributed by atoms with Crippen molar-refractivity contribution < 1.29 is 15.0 Å². The van der Waals surface area contributed by atoms with Crippen LogP contribution < -0.4 is 0 Å². The van der Waals surface area contributed by atoms with Crippen molar-refractivity contribution in [1.82, 2.24) is 4.90 Å². The first kappa shape index (κ1) is 10.9. The van der Waals surface area contributed by atoms with E-state index in [0.29, 0.717) is 18.4 Å². The van der Waals surface area contributed by atoms with E-state index in [2.05, 4.69) is 0 Å². The summed E-state index contributed by atoms with van der Waals surface area (Å²) < 4.78 is 0. The molecule has 0 spiro atoms. The van der Waals surface area contributed by atoms with E-state index in [0.717, 1.165) is 19.4 Å². The number of nitrogens with zero attached hydrogens (tertiary/aromatic N) is 1. The highest BCUT2D eigenvalue weighted by molar-refractivity contribution is 5.74. The molecule has 1 saturated heterocycles. The van der Waals surface area contributed by atoms with E-state index in [-0.39, 0.29) is 6.04 Å². The molecule has 2 aliphatic rings. The molecule has 4 atom stereocenters. The van der Waals surface area contributed by atoms with Gasteiger partial charge in [0.25, 0.3) is 0 Å². The number of rotatable bonds is 3. The van der Waals surface area contributed by atoms with Crippen LogP contribution in [0.15, 0.2) is 0 Å². The number of aliphatic carboxylic acids is 1. The lowest BCUT2D eigenvalue weighted by Crippen LogP contribution is -2.42. The molecule has 2 N–H and O–H groups in total. The minimum atomic E-state index is -0.718. The van der Waals surface area contributed by atoms with Crippen molar-refractivity contribution in [2.75, 3.05) is 13.1 Å². The summed E-state index contributed by atoms with van der Waals surface area (Å²) in [5.74, 6) is 0.149. The molecule has 0 bridgehead atoms. The Morgan fingerprint density at radius 3 is 2.87 bits per heavy atom. The molecule has 0 aromatic heterocycles. The maximum absolute atomic E-state index is 11.2. The number of aliphatic hydroxyl groups is 1. The Labute approximate surface area is 89.9 Å². The molecule has 4 nitrogen and oxygen atoms in total. The van der Waals surface area contributed by atoms with Crippen LogP contribution in [0, 0.1) is 11.8 Å². The minimum absolute atomic E-state index is 0.321. The van der Waals surface area contributed by atoms with Crippen LogP contribution in [0.1, 0.15) is 26.2 Å². The average Bonchev–Trinajstić information content (AvgIpc) is 2.60. The second-order valence-corrected chi connectivity index (χ2v) is 4.94. The highest BCUT2D eigenvalue weighted by atomic mass is 16.4. The van der Waals surface area contributed by atoms with Crippen LogP contribution in [-0.4, -0.2) is 46.3 Å². The van der Waals surface area contributed by atoms with Gasteiger partial charge in [0.1, 0.15) is 6.04 Å². The van der Waals surface area contributed by atoms with E-state index >= 15 is 0 Å². The average molecular weight is 213 g/mol. The van der Waals surface area contributed by atoms with E-state index in [1.807, 2.05) is 4.90 Å². The topological polar surface area (TPSA) is 60.8 Å². The summed E-state index contributed by atoms with van der Waals surface area (Å²) in [6, 6.07) is -0.355. The molecule has 2 fully saturated rings. The fourth-order valence-corrected chi connectivity index (χ4v) is 3.26. The maximum Gasteiger partial charge on any atom is 0.321 e. The van der Waals surface area contributed by atoms with E-state index < -0.39 is 12.1 Å². The van der Waals surface area contributed by atoms with E-state index in [1.54, 1.807) is 6.92 Å². The summed E-state index contributed by atoms with van der Waals surface area (Å²) in [4.78, 5) is 13.2. The number of likely N-dealkylation sites (tertiary alicyclic amines) is 1. The molecule has 2 rings (SSSR count). The summed E-state index contributed by atoms with van der Waals surface area (Å²) in [5.41, 5.74) is 0. The fraction of sp³-hybridized carbons (Fsp3) is 0.909. The Morgan fingerprint density at radius 1 is 1.53 bits per heavy atom. The van der Waals surface area contributed by atoms with Crippen LogP contribution in [0.5, 0.6) is 0 Å². The number of aliphatic hydroxyl groups excluding tert-OH is 1. The molecule has 0 aromatic carbocycles. The van der Waals surface area contributed by atoms with Gasteiger partial charge in [-0.05, 0) is 31.6 Å². The predicted octanol–water partition coefficient (Wildman–Crippen LogP) is 0.552. The molecule has 4 heteroatoms. The zero-order valence-corrected chi connectivity index (χ0v) is 9.09. The Bertz CT molecular complexity index is 254. The lowest BCUT2D eigenvalue weighted by molar-refractivity contribution is -0.143. The van der Waals surface area contributed by atoms with Crippen molar-refractivity contribution in [3.8, 4) is 0 Å². The molecular formula is C11H19NO3. The molecule has 1 aliphatic carbocycles. The Kier molecular flexibility index (Phi) is 2.98. The van der Waals surface area contributed by atoms with E-state index in [1.165, 1.54) is 6.42 Å². The Hall–Kier alpha value is -0.610. The number of fused-ring (bicyclic) bond motifs is 1. The Morgan fingerprint density at radius 2 is 2.27 bits per heavy atom. The van der Waals surface area contributed by atoms with Gasteiger partial charge in [0.15, 0.2) is 0 Å². The SMILES string of the molecule is CC(O)CN1CC2CCCC2C1C(=O)O. The lowest BCUT2D eigenvalue weighted by atomic mass is 9.94.